The highest BCUT2D eigenvalue weighted by Gasteiger charge is 2.29. The monoisotopic (exact) mass is 264 g/mol. The van der Waals surface area contributed by atoms with Gasteiger partial charge < -0.3 is 5.11 Å². The number of rotatable bonds is 3. The van der Waals surface area contributed by atoms with E-state index in [0.29, 0.717) is 5.92 Å². The normalized spacial score (nSPS) is 25.6. The smallest absolute Gasteiger partial charge is 0.123 e. The Hall–Kier alpha value is -0.890. The highest BCUT2D eigenvalue weighted by atomic mass is 19.1. The van der Waals surface area contributed by atoms with Crippen LogP contribution in [0.2, 0.25) is 0 Å². The van der Waals surface area contributed by atoms with Gasteiger partial charge in [-0.15, -0.1) is 0 Å². The second kappa shape index (κ2) is 6.04. The first-order valence-electron chi connectivity index (χ1n) is 7.43. The zero-order valence-corrected chi connectivity index (χ0v) is 12.2. The van der Waals surface area contributed by atoms with Crippen LogP contribution in [-0.4, -0.2) is 5.11 Å². The predicted molar refractivity (Wildman–Crippen MR) is 76.4 cm³/mol. The third-order valence-corrected chi connectivity index (χ3v) is 4.76. The molecule has 0 bridgehead atoms. The zero-order valence-electron chi connectivity index (χ0n) is 12.2. The van der Waals surface area contributed by atoms with Crippen LogP contribution in [-0.2, 0) is 0 Å². The van der Waals surface area contributed by atoms with E-state index < -0.39 is 6.10 Å². The Morgan fingerprint density at radius 3 is 2.21 bits per heavy atom. The molecule has 0 radical (unpaired) electrons. The zero-order chi connectivity index (χ0) is 14.0. The Morgan fingerprint density at radius 1 is 1.11 bits per heavy atom. The molecule has 1 aromatic carbocycles. The van der Waals surface area contributed by atoms with Crippen molar-refractivity contribution in [3.63, 3.8) is 0 Å². The summed E-state index contributed by atoms with van der Waals surface area (Å²) in [6, 6.07) is 4.70. The third-order valence-electron chi connectivity index (χ3n) is 4.76. The van der Waals surface area contributed by atoms with Gasteiger partial charge in [-0.1, -0.05) is 19.9 Å². The fourth-order valence-corrected chi connectivity index (χ4v) is 3.35. The highest BCUT2D eigenvalue weighted by molar-refractivity contribution is 5.29. The second-order valence-electron chi connectivity index (χ2n) is 6.36. The van der Waals surface area contributed by atoms with Crippen LogP contribution in [0.5, 0.6) is 0 Å². The molecule has 19 heavy (non-hydrogen) atoms. The summed E-state index contributed by atoms with van der Waals surface area (Å²) in [6.45, 7) is 6.44. The van der Waals surface area contributed by atoms with Gasteiger partial charge in [-0.05, 0) is 73.6 Å². The fourth-order valence-electron chi connectivity index (χ4n) is 3.35. The standard InChI is InChI=1S/C17H25FO/c1-11(2)13-4-6-14(7-5-13)17(19)16-9-8-15(18)10-12(16)3/h8-11,13-14,17,19H,4-7H2,1-3H3. The van der Waals surface area contributed by atoms with Crippen molar-refractivity contribution in [2.45, 2.75) is 52.6 Å². The molecule has 1 N–H and O–H groups in total. The Morgan fingerprint density at radius 2 is 1.68 bits per heavy atom. The summed E-state index contributed by atoms with van der Waals surface area (Å²) in [5.74, 6) is 1.65. The van der Waals surface area contributed by atoms with Crippen LogP contribution < -0.4 is 0 Å². The van der Waals surface area contributed by atoms with Crippen LogP contribution >= 0.6 is 0 Å². The van der Waals surface area contributed by atoms with Crippen LogP contribution in [0.15, 0.2) is 18.2 Å². The molecule has 0 aromatic heterocycles. The topological polar surface area (TPSA) is 20.2 Å². The number of aliphatic hydroxyl groups is 1. The van der Waals surface area contributed by atoms with Crippen molar-refractivity contribution in [1.82, 2.24) is 0 Å². The number of halogens is 1. The van der Waals surface area contributed by atoms with Gasteiger partial charge in [-0.2, -0.15) is 0 Å². The van der Waals surface area contributed by atoms with E-state index in [9.17, 15) is 9.50 Å². The molecule has 1 unspecified atom stereocenters. The van der Waals surface area contributed by atoms with Crippen molar-refractivity contribution >= 4 is 0 Å². The van der Waals surface area contributed by atoms with E-state index in [1.165, 1.54) is 25.0 Å². The van der Waals surface area contributed by atoms with E-state index in [2.05, 4.69) is 13.8 Å². The molecule has 2 heteroatoms. The molecule has 0 spiro atoms. The summed E-state index contributed by atoms with van der Waals surface area (Å²) in [4.78, 5) is 0. The molecule has 1 aliphatic carbocycles. The van der Waals surface area contributed by atoms with Crippen LogP contribution in [0.1, 0.15) is 56.8 Å². The summed E-state index contributed by atoms with van der Waals surface area (Å²) in [5, 5.41) is 10.5. The minimum absolute atomic E-state index is 0.225. The predicted octanol–water partition coefficient (Wildman–Crippen LogP) is 4.63. The lowest BCUT2D eigenvalue weighted by atomic mass is 9.74. The molecule has 2 rings (SSSR count). The van der Waals surface area contributed by atoms with E-state index in [0.717, 1.165) is 35.8 Å². The molecular formula is C17H25FO. The van der Waals surface area contributed by atoms with Gasteiger partial charge in [0.25, 0.3) is 0 Å². The largest absolute Gasteiger partial charge is 0.388 e. The summed E-state index contributed by atoms with van der Waals surface area (Å²) < 4.78 is 13.1. The van der Waals surface area contributed by atoms with E-state index in [4.69, 9.17) is 0 Å². The number of aliphatic hydroxyl groups excluding tert-OH is 1. The van der Waals surface area contributed by atoms with E-state index in [1.54, 1.807) is 6.07 Å². The Kier molecular flexibility index (Phi) is 4.62. The molecule has 1 saturated carbocycles. The Labute approximate surface area is 115 Å². The van der Waals surface area contributed by atoms with Gasteiger partial charge in [0.05, 0.1) is 6.10 Å². The lowest BCUT2D eigenvalue weighted by Crippen LogP contribution is -2.23. The van der Waals surface area contributed by atoms with Crippen molar-refractivity contribution in [3.8, 4) is 0 Å². The lowest BCUT2D eigenvalue weighted by molar-refractivity contribution is 0.0663. The van der Waals surface area contributed by atoms with Gasteiger partial charge in [0.2, 0.25) is 0 Å². The van der Waals surface area contributed by atoms with Crippen molar-refractivity contribution in [3.05, 3.63) is 35.1 Å². The number of hydrogen-bond donors (Lipinski definition) is 1. The average Bonchev–Trinajstić information content (AvgIpc) is 2.38. The maximum absolute atomic E-state index is 13.1. The van der Waals surface area contributed by atoms with E-state index in [-0.39, 0.29) is 5.82 Å². The van der Waals surface area contributed by atoms with Gasteiger partial charge >= 0.3 is 0 Å². The fraction of sp³-hybridized carbons (Fsp3) is 0.647. The summed E-state index contributed by atoms with van der Waals surface area (Å²) in [5.41, 5.74) is 1.76. The quantitative estimate of drug-likeness (QED) is 0.844. The van der Waals surface area contributed by atoms with Crippen molar-refractivity contribution < 1.29 is 9.50 Å². The Bertz CT molecular complexity index is 419. The van der Waals surface area contributed by atoms with E-state index in [1.807, 2.05) is 6.92 Å². The molecule has 106 valence electrons. The van der Waals surface area contributed by atoms with Crippen molar-refractivity contribution in [2.24, 2.45) is 17.8 Å². The van der Waals surface area contributed by atoms with Gasteiger partial charge in [-0.25, -0.2) is 4.39 Å². The molecule has 0 amide bonds. The SMILES string of the molecule is Cc1cc(F)ccc1C(O)C1CCC(C(C)C)CC1. The minimum Gasteiger partial charge on any atom is -0.388 e. The number of aryl methyl sites for hydroxylation is 1. The average molecular weight is 264 g/mol. The van der Waals surface area contributed by atoms with Gasteiger partial charge in [0, 0.05) is 0 Å². The van der Waals surface area contributed by atoms with Gasteiger partial charge in [0.1, 0.15) is 5.82 Å². The first kappa shape index (κ1) is 14.5. The molecule has 0 aliphatic heterocycles. The third kappa shape index (κ3) is 3.36. The first-order chi connectivity index (χ1) is 8.99. The van der Waals surface area contributed by atoms with Crippen LogP contribution in [0, 0.1) is 30.5 Å². The maximum Gasteiger partial charge on any atom is 0.123 e. The molecule has 1 aromatic rings. The number of benzene rings is 1. The number of hydrogen-bond acceptors (Lipinski definition) is 1. The lowest BCUT2D eigenvalue weighted by Gasteiger charge is -2.33. The van der Waals surface area contributed by atoms with E-state index >= 15 is 0 Å². The highest BCUT2D eigenvalue weighted by Crippen LogP contribution is 2.39. The molecule has 1 fully saturated rings. The van der Waals surface area contributed by atoms with Crippen molar-refractivity contribution in [1.29, 1.82) is 0 Å². The van der Waals surface area contributed by atoms with Crippen LogP contribution in [0.3, 0.4) is 0 Å². The maximum atomic E-state index is 13.1. The molecule has 0 saturated heterocycles. The summed E-state index contributed by atoms with van der Waals surface area (Å²) in [6.07, 6.45) is 4.15. The second-order valence-corrected chi connectivity index (χ2v) is 6.36. The first-order valence-corrected chi connectivity index (χ1v) is 7.43. The van der Waals surface area contributed by atoms with Crippen molar-refractivity contribution in [2.75, 3.05) is 0 Å². The summed E-state index contributed by atoms with van der Waals surface area (Å²) >= 11 is 0. The molecule has 0 heterocycles. The molecular weight excluding hydrogens is 239 g/mol. The van der Waals surface area contributed by atoms with Gasteiger partial charge in [-0.3, -0.25) is 0 Å². The Balaban J connectivity index is 2.03. The van der Waals surface area contributed by atoms with Gasteiger partial charge in [0.15, 0.2) is 0 Å². The molecule has 1 atom stereocenters. The van der Waals surface area contributed by atoms with Crippen LogP contribution in [0.4, 0.5) is 4.39 Å². The summed E-state index contributed by atoms with van der Waals surface area (Å²) in [7, 11) is 0. The minimum atomic E-state index is -0.436. The molecule has 1 nitrogen and oxygen atoms in total. The van der Waals surface area contributed by atoms with Crippen LogP contribution in [0.25, 0.3) is 0 Å². The molecule has 1 aliphatic rings.